The molecule has 138 valence electrons. The Kier molecular flexibility index (Phi) is 6.03. The van der Waals surface area contributed by atoms with Crippen molar-refractivity contribution in [1.29, 1.82) is 0 Å². The van der Waals surface area contributed by atoms with Crippen molar-refractivity contribution in [2.45, 2.75) is 18.1 Å². The van der Waals surface area contributed by atoms with Crippen molar-refractivity contribution in [2.75, 3.05) is 11.1 Å². The number of benzene rings is 2. The lowest BCUT2D eigenvalue weighted by atomic mass is 10.2. The van der Waals surface area contributed by atoms with E-state index >= 15 is 0 Å². The van der Waals surface area contributed by atoms with E-state index in [1.165, 1.54) is 36.0 Å². The molecule has 1 amide bonds. The molecule has 0 saturated heterocycles. The number of nitrogens with one attached hydrogen (secondary N) is 1. The first-order chi connectivity index (χ1) is 13.1. The van der Waals surface area contributed by atoms with E-state index in [0.717, 1.165) is 0 Å². The monoisotopic (exact) mass is 383 g/mol. The van der Waals surface area contributed by atoms with Gasteiger partial charge in [-0.1, -0.05) is 30.0 Å². The topological polar surface area (TPSA) is 64.0 Å². The summed E-state index contributed by atoms with van der Waals surface area (Å²) in [6, 6.07) is 12.8. The average molecular weight is 383 g/mol. The zero-order valence-corrected chi connectivity index (χ0v) is 15.3. The second-order valence-electron chi connectivity index (χ2n) is 5.77. The van der Waals surface area contributed by atoms with Gasteiger partial charge in [-0.3, -0.25) is 14.2 Å². The highest BCUT2D eigenvalue weighted by atomic mass is 32.2. The number of carbonyl (C=O) groups is 1. The summed E-state index contributed by atoms with van der Waals surface area (Å²) in [5.74, 6) is -0.0896. The molecule has 1 N–H and O–H groups in total. The quantitative estimate of drug-likeness (QED) is 0.382. The summed E-state index contributed by atoms with van der Waals surface area (Å²) in [7, 11) is 0. The lowest BCUT2D eigenvalue weighted by Gasteiger charge is -2.11. The van der Waals surface area contributed by atoms with Gasteiger partial charge in [-0.2, -0.15) is 0 Å². The number of hydrogen-bond donors (Lipinski definition) is 1. The first-order valence-electron chi connectivity index (χ1n) is 8.37. The van der Waals surface area contributed by atoms with Crippen LogP contribution in [0.15, 0.2) is 71.1 Å². The highest BCUT2D eigenvalue weighted by molar-refractivity contribution is 7.99. The smallest absolute Gasteiger partial charge is 0.262 e. The number of nitrogens with zero attached hydrogens (tertiary/aromatic N) is 2. The first kappa shape index (κ1) is 18.8. The van der Waals surface area contributed by atoms with Gasteiger partial charge in [0.15, 0.2) is 5.16 Å². The lowest BCUT2D eigenvalue weighted by molar-refractivity contribution is -0.115. The minimum Gasteiger partial charge on any atom is -0.326 e. The number of para-hydroxylation sites is 1. The second-order valence-corrected chi connectivity index (χ2v) is 6.83. The molecule has 1 heterocycles. The van der Waals surface area contributed by atoms with Gasteiger partial charge in [0.2, 0.25) is 5.91 Å². The van der Waals surface area contributed by atoms with Crippen LogP contribution in [0, 0.1) is 5.82 Å². The number of thioether (sulfide) groups is 1. The predicted molar refractivity (Wildman–Crippen MR) is 107 cm³/mol. The Morgan fingerprint density at radius 2 is 1.96 bits per heavy atom. The number of amides is 1. The summed E-state index contributed by atoms with van der Waals surface area (Å²) in [6.07, 6.45) is 1.88. The molecule has 1 aromatic heterocycles. The van der Waals surface area contributed by atoms with E-state index in [1.807, 2.05) is 6.07 Å². The molecule has 0 aliphatic heterocycles. The van der Waals surface area contributed by atoms with Crippen LogP contribution in [-0.2, 0) is 11.3 Å². The SMILES string of the molecule is C=CCn1c(SCCC(=O)Nc2ccc(F)cc2)nc2ccccc2c1=O. The van der Waals surface area contributed by atoms with Crippen LogP contribution in [0.3, 0.4) is 0 Å². The number of hydrogen-bond acceptors (Lipinski definition) is 4. The molecule has 5 nitrogen and oxygen atoms in total. The molecule has 0 atom stereocenters. The van der Waals surface area contributed by atoms with E-state index in [2.05, 4.69) is 16.9 Å². The Balaban J connectivity index is 1.69. The van der Waals surface area contributed by atoms with Crippen LogP contribution in [0.4, 0.5) is 10.1 Å². The molecule has 0 aliphatic rings. The minimum absolute atomic E-state index is 0.126. The number of anilines is 1. The molecule has 0 bridgehead atoms. The van der Waals surface area contributed by atoms with Gasteiger partial charge in [-0.25, -0.2) is 9.37 Å². The summed E-state index contributed by atoms with van der Waals surface area (Å²) in [4.78, 5) is 29.3. The molecular formula is C20H18FN3O2S. The molecule has 0 saturated carbocycles. The molecule has 2 aromatic carbocycles. The molecule has 7 heteroatoms. The average Bonchev–Trinajstić information content (AvgIpc) is 2.66. The van der Waals surface area contributed by atoms with E-state index in [1.54, 1.807) is 28.8 Å². The molecule has 0 fully saturated rings. The zero-order chi connectivity index (χ0) is 19.2. The van der Waals surface area contributed by atoms with E-state index in [0.29, 0.717) is 34.0 Å². The third kappa shape index (κ3) is 4.62. The maximum Gasteiger partial charge on any atom is 0.262 e. The fraction of sp³-hybridized carbons (Fsp3) is 0.150. The van der Waals surface area contributed by atoms with Crippen LogP contribution in [0.25, 0.3) is 10.9 Å². The Bertz CT molecular complexity index is 1030. The minimum atomic E-state index is -0.355. The number of carbonyl (C=O) groups excluding carboxylic acids is 1. The predicted octanol–water partition coefficient (Wildman–Crippen LogP) is 3.84. The van der Waals surface area contributed by atoms with E-state index in [9.17, 15) is 14.0 Å². The van der Waals surface area contributed by atoms with Crippen LogP contribution in [-0.4, -0.2) is 21.2 Å². The zero-order valence-electron chi connectivity index (χ0n) is 14.5. The van der Waals surface area contributed by atoms with Gasteiger partial charge in [0.25, 0.3) is 5.56 Å². The Morgan fingerprint density at radius 1 is 1.22 bits per heavy atom. The van der Waals surface area contributed by atoms with Crippen molar-refractivity contribution in [3.8, 4) is 0 Å². The maximum atomic E-state index is 12.9. The van der Waals surface area contributed by atoms with Gasteiger partial charge in [-0.15, -0.1) is 6.58 Å². The van der Waals surface area contributed by atoms with Crippen molar-refractivity contribution in [3.63, 3.8) is 0 Å². The van der Waals surface area contributed by atoms with Crippen molar-refractivity contribution in [3.05, 3.63) is 77.4 Å². The molecule has 27 heavy (non-hydrogen) atoms. The number of aromatic nitrogens is 2. The van der Waals surface area contributed by atoms with Gasteiger partial charge in [0.05, 0.1) is 10.9 Å². The summed E-state index contributed by atoms with van der Waals surface area (Å²) >= 11 is 1.34. The largest absolute Gasteiger partial charge is 0.326 e. The Hall–Kier alpha value is -2.93. The number of allylic oxidation sites excluding steroid dienone is 1. The van der Waals surface area contributed by atoms with E-state index < -0.39 is 0 Å². The summed E-state index contributed by atoms with van der Waals surface area (Å²) in [5, 5.41) is 3.81. The summed E-state index contributed by atoms with van der Waals surface area (Å²) < 4.78 is 14.5. The van der Waals surface area contributed by atoms with Gasteiger partial charge in [-0.05, 0) is 36.4 Å². The van der Waals surface area contributed by atoms with Crippen molar-refractivity contribution in [2.24, 2.45) is 0 Å². The molecular weight excluding hydrogens is 365 g/mol. The van der Waals surface area contributed by atoms with Crippen LogP contribution in [0.2, 0.25) is 0 Å². The van der Waals surface area contributed by atoms with Crippen LogP contribution in [0.1, 0.15) is 6.42 Å². The molecule has 0 aliphatic carbocycles. The van der Waals surface area contributed by atoms with Gasteiger partial charge in [0.1, 0.15) is 5.82 Å². The molecule has 3 rings (SSSR count). The Labute approximate surface area is 159 Å². The van der Waals surface area contributed by atoms with Gasteiger partial charge in [0, 0.05) is 24.4 Å². The Morgan fingerprint density at radius 3 is 2.70 bits per heavy atom. The summed E-state index contributed by atoms with van der Waals surface area (Å²) in [6.45, 7) is 4.04. The standard InChI is InChI=1S/C20H18FN3O2S/c1-2-12-24-19(26)16-5-3-4-6-17(16)23-20(24)27-13-11-18(25)22-15-9-7-14(21)8-10-15/h2-10H,1,11-13H2,(H,22,25). The van der Waals surface area contributed by atoms with Crippen LogP contribution >= 0.6 is 11.8 Å². The van der Waals surface area contributed by atoms with Gasteiger partial charge >= 0.3 is 0 Å². The third-order valence-electron chi connectivity index (χ3n) is 3.83. The fourth-order valence-corrected chi connectivity index (χ4v) is 3.49. The molecule has 0 radical (unpaired) electrons. The van der Waals surface area contributed by atoms with Crippen molar-refractivity contribution in [1.82, 2.24) is 9.55 Å². The number of halogens is 1. The maximum absolute atomic E-state index is 12.9. The highest BCUT2D eigenvalue weighted by Crippen LogP contribution is 2.19. The number of fused-ring (bicyclic) bond motifs is 1. The lowest BCUT2D eigenvalue weighted by Crippen LogP contribution is -2.23. The normalized spacial score (nSPS) is 10.7. The molecule has 0 unspecified atom stereocenters. The van der Waals surface area contributed by atoms with E-state index in [-0.39, 0.29) is 23.7 Å². The second kappa shape index (κ2) is 8.64. The molecule has 3 aromatic rings. The third-order valence-corrected chi connectivity index (χ3v) is 4.80. The van der Waals surface area contributed by atoms with Crippen molar-refractivity contribution >= 4 is 34.3 Å². The first-order valence-corrected chi connectivity index (χ1v) is 9.36. The molecule has 0 spiro atoms. The number of rotatable bonds is 7. The van der Waals surface area contributed by atoms with Crippen LogP contribution < -0.4 is 10.9 Å². The summed E-state index contributed by atoms with van der Waals surface area (Å²) in [5.41, 5.74) is 1.04. The van der Waals surface area contributed by atoms with E-state index in [4.69, 9.17) is 0 Å². The fourth-order valence-electron chi connectivity index (χ4n) is 2.54. The van der Waals surface area contributed by atoms with Gasteiger partial charge < -0.3 is 5.32 Å². The van der Waals surface area contributed by atoms with Crippen LogP contribution in [0.5, 0.6) is 0 Å². The highest BCUT2D eigenvalue weighted by Gasteiger charge is 2.11. The van der Waals surface area contributed by atoms with Crippen molar-refractivity contribution < 1.29 is 9.18 Å².